The van der Waals surface area contributed by atoms with Crippen LogP contribution in [0, 0.1) is 5.92 Å². The number of nitrogens with one attached hydrogen (secondary N) is 2. The number of hydrogen-bond donors (Lipinski definition) is 2. The number of carbonyl (C=O) groups excluding carboxylic acids is 2. The predicted molar refractivity (Wildman–Crippen MR) is 123 cm³/mol. The predicted octanol–water partition coefficient (Wildman–Crippen LogP) is 4.59. The van der Waals surface area contributed by atoms with Gasteiger partial charge in [-0.25, -0.2) is 0 Å². The fourth-order valence-corrected chi connectivity index (χ4v) is 3.66. The first-order valence-corrected chi connectivity index (χ1v) is 10.8. The largest absolute Gasteiger partial charge is 0.371 e. The minimum Gasteiger partial charge on any atom is -0.371 e. The van der Waals surface area contributed by atoms with Crippen LogP contribution in [0.4, 0.5) is 11.4 Å². The lowest BCUT2D eigenvalue weighted by Gasteiger charge is -2.19. The van der Waals surface area contributed by atoms with Crippen molar-refractivity contribution in [1.29, 1.82) is 0 Å². The zero-order valence-electron chi connectivity index (χ0n) is 18.5. The van der Waals surface area contributed by atoms with Gasteiger partial charge in [0.25, 0.3) is 5.91 Å². The summed E-state index contributed by atoms with van der Waals surface area (Å²) in [5.41, 5.74) is 3.82. The summed E-state index contributed by atoms with van der Waals surface area (Å²) in [6.45, 7) is 11.2. The highest BCUT2D eigenvalue weighted by Gasteiger charge is 2.18. The van der Waals surface area contributed by atoms with Gasteiger partial charge >= 0.3 is 0 Å². The van der Waals surface area contributed by atoms with Gasteiger partial charge in [0.05, 0.1) is 0 Å². The Morgan fingerprint density at radius 1 is 1.03 bits per heavy atom. The zero-order chi connectivity index (χ0) is 21.7. The van der Waals surface area contributed by atoms with Crippen LogP contribution < -0.4 is 15.5 Å². The molecule has 0 saturated carbocycles. The Morgan fingerprint density at radius 3 is 2.27 bits per heavy atom. The molecular weight excluding hydrogens is 374 g/mol. The Balaban J connectivity index is 1.43. The Bertz CT molecular complexity index is 867. The Morgan fingerprint density at radius 2 is 1.70 bits per heavy atom. The van der Waals surface area contributed by atoms with Gasteiger partial charge in [-0.3, -0.25) is 9.59 Å². The van der Waals surface area contributed by atoms with Crippen LogP contribution in [-0.2, 0) is 10.2 Å². The van der Waals surface area contributed by atoms with Crippen molar-refractivity contribution >= 4 is 23.2 Å². The highest BCUT2D eigenvalue weighted by atomic mass is 16.2. The van der Waals surface area contributed by atoms with Crippen LogP contribution in [0.25, 0.3) is 0 Å². The molecule has 2 aromatic carbocycles. The van der Waals surface area contributed by atoms with E-state index in [9.17, 15) is 9.59 Å². The summed E-state index contributed by atoms with van der Waals surface area (Å²) in [6.07, 6.45) is 1.46. The number of carbonyl (C=O) groups is 2. The van der Waals surface area contributed by atoms with E-state index in [4.69, 9.17) is 0 Å². The van der Waals surface area contributed by atoms with Crippen molar-refractivity contribution in [2.75, 3.05) is 29.9 Å². The molecule has 2 amide bonds. The van der Waals surface area contributed by atoms with Crippen LogP contribution >= 0.6 is 0 Å². The summed E-state index contributed by atoms with van der Waals surface area (Å²) in [4.78, 5) is 26.9. The van der Waals surface area contributed by atoms with Crippen LogP contribution in [0.5, 0.6) is 0 Å². The van der Waals surface area contributed by atoms with Crippen molar-refractivity contribution in [3.05, 3.63) is 59.7 Å². The molecule has 1 atom stereocenters. The van der Waals surface area contributed by atoms with Gasteiger partial charge in [-0.15, -0.1) is 0 Å². The normalized spacial score (nSPS) is 16.4. The molecule has 1 fully saturated rings. The number of anilines is 2. The van der Waals surface area contributed by atoms with E-state index in [0.717, 1.165) is 24.7 Å². The first-order valence-electron chi connectivity index (χ1n) is 10.8. The molecule has 5 nitrogen and oxygen atoms in total. The molecule has 30 heavy (non-hydrogen) atoms. The van der Waals surface area contributed by atoms with E-state index in [-0.39, 0.29) is 23.7 Å². The molecule has 1 saturated heterocycles. The standard InChI is InChI=1S/C25H33N3O2/c1-18-14-16-28(17-18)22-11-9-21(10-12-22)27-23(29)13-15-26-24(30)19-5-7-20(8-6-19)25(2,3)4/h5-12,18H,13-17H2,1-4H3,(H,26,30)(H,27,29). The smallest absolute Gasteiger partial charge is 0.251 e. The van der Waals surface area contributed by atoms with E-state index in [1.165, 1.54) is 17.7 Å². The van der Waals surface area contributed by atoms with E-state index in [1.54, 1.807) is 0 Å². The number of rotatable bonds is 6. The van der Waals surface area contributed by atoms with Gasteiger partial charge in [0, 0.05) is 43.0 Å². The highest BCUT2D eigenvalue weighted by Crippen LogP contribution is 2.25. The van der Waals surface area contributed by atoms with Crippen LogP contribution in [-0.4, -0.2) is 31.4 Å². The fraction of sp³-hybridized carbons (Fsp3) is 0.440. The van der Waals surface area contributed by atoms with E-state index >= 15 is 0 Å². The third kappa shape index (κ3) is 5.85. The van der Waals surface area contributed by atoms with Gasteiger partial charge in [-0.1, -0.05) is 39.8 Å². The van der Waals surface area contributed by atoms with Crippen LogP contribution in [0.1, 0.15) is 56.5 Å². The van der Waals surface area contributed by atoms with Crippen LogP contribution in [0.2, 0.25) is 0 Å². The van der Waals surface area contributed by atoms with Crippen molar-refractivity contribution in [3.8, 4) is 0 Å². The summed E-state index contributed by atoms with van der Waals surface area (Å²) in [5.74, 6) is 0.462. The molecule has 2 N–H and O–H groups in total. The average molecular weight is 408 g/mol. The molecule has 1 aliphatic rings. The second-order valence-electron chi connectivity index (χ2n) is 9.27. The van der Waals surface area contributed by atoms with Crippen molar-refractivity contribution in [3.63, 3.8) is 0 Å². The van der Waals surface area contributed by atoms with Crippen molar-refractivity contribution in [1.82, 2.24) is 5.32 Å². The Hall–Kier alpha value is -2.82. The second kappa shape index (κ2) is 9.33. The molecule has 1 heterocycles. The summed E-state index contributed by atoms with van der Waals surface area (Å²) in [7, 11) is 0. The summed E-state index contributed by atoms with van der Waals surface area (Å²) in [6, 6.07) is 15.6. The maximum absolute atomic E-state index is 12.3. The molecule has 0 aromatic heterocycles. The second-order valence-corrected chi connectivity index (χ2v) is 9.27. The summed E-state index contributed by atoms with van der Waals surface area (Å²) < 4.78 is 0. The molecule has 5 heteroatoms. The molecule has 0 spiro atoms. The number of hydrogen-bond acceptors (Lipinski definition) is 3. The fourth-order valence-electron chi connectivity index (χ4n) is 3.66. The average Bonchev–Trinajstić information content (AvgIpc) is 3.14. The molecular formula is C25H33N3O2. The van der Waals surface area contributed by atoms with Crippen LogP contribution in [0.15, 0.2) is 48.5 Å². The lowest BCUT2D eigenvalue weighted by Crippen LogP contribution is -2.27. The summed E-state index contributed by atoms with van der Waals surface area (Å²) >= 11 is 0. The van der Waals surface area contributed by atoms with E-state index in [1.807, 2.05) is 36.4 Å². The van der Waals surface area contributed by atoms with E-state index in [0.29, 0.717) is 12.1 Å². The Kier molecular flexibility index (Phi) is 6.80. The third-order valence-corrected chi connectivity index (χ3v) is 5.59. The maximum atomic E-state index is 12.3. The van der Waals surface area contributed by atoms with Gasteiger partial charge in [-0.05, 0) is 59.7 Å². The van der Waals surface area contributed by atoms with Crippen molar-refractivity contribution in [2.45, 2.75) is 46.0 Å². The molecule has 1 aliphatic heterocycles. The lowest BCUT2D eigenvalue weighted by molar-refractivity contribution is -0.116. The molecule has 0 radical (unpaired) electrons. The molecule has 3 rings (SSSR count). The number of nitrogens with zero attached hydrogens (tertiary/aromatic N) is 1. The van der Waals surface area contributed by atoms with Crippen LogP contribution in [0.3, 0.4) is 0 Å². The van der Waals surface area contributed by atoms with E-state index < -0.39 is 0 Å². The minimum atomic E-state index is -0.160. The van der Waals surface area contributed by atoms with Gasteiger partial charge in [0.1, 0.15) is 0 Å². The van der Waals surface area contributed by atoms with Crippen molar-refractivity contribution < 1.29 is 9.59 Å². The molecule has 2 aromatic rings. The SMILES string of the molecule is CC1CCN(c2ccc(NC(=O)CCNC(=O)c3ccc(C(C)(C)C)cc3)cc2)C1. The number of amides is 2. The van der Waals surface area contributed by atoms with Crippen molar-refractivity contribution in [2.24, 2.45) is 5.92 Å². The Labute approximate surface area is 179 Å². The quantitative estimate of drug-likeness (QED) is 0.736. The maximum Gasteiger partial charge on any atom is 0.251 e. The summed E-state index contributed by atoms with van der Waals surface area (Å²) in [5, 5.41) is 5.72. The van der Waals surface area contributed by atoms with Gasteiger partial charge < -0.3 is 15.5 Å². The highest BCUT2D eigenvalue weighted by molar-refractivity contribution is 5.95. The first-order chi connectivity index (χ1) is 14.2. The van der Waals surface area contributed by atoms with Gasteiger partial charge in [0.2, 0.25) is 5.91 Å². The first kappa shape index (κ1) is 21.9. The third-order valence-electron chi connectivity index (χ3n) is 5.59. The molecule has 0 aliphatic carbocycles. The van der Waals surface area contributed by atoms with E-state index in [2.05, 4.69) is 55.4 Å². The monoisotopic (exact) mass is 407 g/mol. The van der Waals surface area contributed by atoms with Gasteiger partial charge in [0.15, 0.2) is 0 Å². The molecule has 0 bridgehead atoms. The minimum absolute atomic E-state index is 0.0538. The topological polar surface area (TPSA) is 61.4 Å². The zero-order valence-corrected chi connectivity index (χ0v) is 18.5. The molecule has 160 valence electrons. The number of benzene rings is 2. The molecule has 1 unspecified atom stereocenters. The van der Waals surface area contributed by atoms with Gasteiger partial charge in [-0.2, -0.15) is 0 Å². The lowest BCUT2D eigenvalue weighted by atomic mass is 9.87.